The van der Waals surface area contributed by atoms with Crippen molar-refractivity contribution in [1.29, 1.82) is 0 Å². The molecule has 0 aliphatic carbocycles. The van der Waals surface area contributed by atoms with Crippen LogP contribution in [-0.4, -0.2) is 30.1 Å². The van der Waals surface area contributed by atoms with Crippen LogP contribution < -0.4 is 16.2 Å². The van der Waals surface area contributed by atoms with Crippen molar-refractivity contribution in [1.82, 2.24) is 4.90 Å². The second-order valence-electron chi connectivity index (χ2n) is 6.72. The predicted octanol–water partition coefficient (Wildman–Crippen LogP) is 3.96. The highest BCUT2D eigenvalue weighted by molar-refractivity contribution is 5.41. The standard InChI is InChI=1S/C21H31N3O/c1-4-16(2)24(14-13-18-5-7-19(22)8-6-18)17(3)15-25-21-11-9-20(23)10-12-21/h5-12,16-17H,4,13-15,22-23H2,1-3H3. The van der Waals surface area contributed by atoms with Gasteiger partial charge in [0, 0.05) is 30.0 Å². The Kier molecular flexibility index (Phi) is 7.14. The van der Waals surface area contributed by atoms with E-state index in [-0.39, 0.29) is 0 Å². The molecule has 0 saturated heterocycles. The summed E-state index contributed by atoms with van der Waals surface area (Å²) in [6.45, 7) is 8.41. The fourth-order valence-corrected chi connectivity index (χ4v) is 2.93. The summed E-state index contributed by atoms with van der Waals surface area (Å²) in [6.07, 6.45) is 2.13. The van der Waals surface area contributed by atoms with Crippen molar-refractivity contribution in [2.45, 2.75) is 45.7 Å². The first-order valence-electron chi connectivity index (χ1n) is 9.08. The average Bonchev–Trinajstić information content (AvgIpc) is 2.62. The van der Waals surface area contributed by atoms with Crippen LogP contribution in [-0.2, 0) is 6.42 Å². The van der Waals surface area contributed by atoms with Crippen molar-refractivity contribution < 1.29 is 4.74 Å². The minimum atomic E-state index is 0.335. The first-order valence-corrected chi connectivity index (χ1v) is 9.08. The number of nitrogens with zero attached hydrogens (tertiary/aromatic N) is 1. The third kappa shape index (κ3) is 5.98. The monoisotopic (exact) mass is 341 g/mol. The van der Waals surface area contributed by atoms with E-state index in [9.17, 15) is 0 Å². The first-order chi connectivity index (χ1) is 12.0. The van der Waals surface area contributed by atoms with E-state index in [1.165, 1.54) is 5.56 Å². The summed E-state index contributed by atoms with van der Waals surface area (Å²) in [5.74, 6) is 0.865. The molecule has 2 unspecified atom stereocenters. The Bertz CT molecular complexity index is 625. The highest BCUT2D eigenvalue weighted by Crippen LogP contribution is 2.16. The maximum Gasteiger partial charge on any atom is 0.119 e. The van der Waals surface area contributed by atoms with Crippen molar-refractivity contribution in [3.8, 4) is 5.75 Å². The normalized spacial score (nSPS) is 13.6. The molecule has 4 nitrogen and oxygen atoms in total. The van der Waals surface area contributed by atoms with E-state index in [4.69, 9.17) is 16.2 Å². The average molecular weight is 341 g/mol. The Balaban J connectivity index is 1.92. The second-order valence-corrected chi connectivity index (χ2v) is 6.72. The third-order valence-electron chi connectivity index (χ3n) is 4.73. The number of nitrogens with two attached hydrogens (primary N) is 2. The molecule has 4 N–H and O–H groups in total. The van der Waals surface area contributed by atoms with Gasteiger partial charge in [0.05, 0.1) is 0 Å². The van der Waals surface area contributed by atoms with Gasteiger partial charge in [-0.25, -0.2) is 0 Å². The van der Waals surface area contributed by atoms with E-state index >= 15 is 0 Å². The zero-order valence-corrected chi connectivity index (χ0v) is 15.6. The van der Waals surface area contributed by atoms with Crippen LogP contribution in [0.2, 0.25) is 0 Å². The predicted molar refractivity (Wildman–Crippen MR) is 107 cm³/mol. The van der Waals surface area contributed by atoms with Gasteiger partial charge < -0.3 is 16.2 Å². The number of rotatable bonds is 9. The van der Waals surface area contributed by atoms with Gasteiger partial charge in [-0.05, 0) is 68.7 Å². The minimum absolute atomic E-state index is 0.335. The quantitative estimate of drug-likeness (QED) is 0.678. The van der Waals surface area contributed by atoms with Gasteiger partial charge >= 0.3 is 0 Å². The molecule has 2 atom stereocenters. The van der Waals surface area contributed by atoms with Crippen LogP contribution in [0.3, 0.4) is 0 Å². The lowest BCUT2D eigenvalue weighted by Crippen LogP contribution is -2.44. The highest BCUT2D eigenvalue weighted by Gasteiger charge is 2.19. The largest absolute Gasteiger partial charge is 0.492 e. The molecule has 0 amide bonds. The SMILES string of the molecule is CCC(C)N(CCc1ccc(N)cc1)C(C)COc1ccc(N)cc1. The molecule has 0 saturated carbocycles. The van der Waals surface area contributed by atoms with Crippen molar-refractivity contribution >= 4 is 11.4 Å². The molecule has 4 heteroatoms. The fraction of sp³-hybridized carbons (Fsp3) is 0.429. The van der Waals surface area contributed by atoms with Gasteiger partial charge in [0.15, 0.2) is 0 Å². The third-order valence-corrected chi connectivity index (χ3v) is 4.73. The summed E-state index contributed by atoms with van der Waals surface area (Å²) in [5.41, 5.74) is 14.4. The Labute approximate surface area is 151 Å². The lowest BCUT2D eigenvalue weighted by Gasteiger charge is -2.34. The molecule has 136 valence electrons. The van der Waals surface area contributed by atoms with E-state index in [2.05, 4.69) is 37.8 Å². The lowest BCUT2D eigenvalue weighted by atomic mass is 10.1. The number of anilines is 2. The summed E-state index contributed by atoms with van der Waals surface area (Å²) >= 11 is 0. The number of hydrogen-bond donors (Lipinski definition) is 2. The molecule has 0 fully saturated rings. The van der Waals surface area contributed by atoms with Gasteiger partial charge in [0.1, 0.15) is 12.4 Å². The van der Waals surface area contributed by atoms with E-state index in [0.717, 1.165) is 36.5 Å². The summed E-state index contributed by atoms with van der Waals surface area (Å²) in [4.78, 5) is 2.52. The lowest BCUT2D eigenvalue weighted by molar-refractivity contribution is 0.108. The fourth-order valence-electron chi connectivity index (χ4n) is 2.93. The van der Waals surface area contributed by atoms with Gasteiger partial charge in [-0.2, -0.15) is 0 Å². The molecule has 0 spiro atoms. The van der Waals surface area contributed by atoms with Crippen molar-refractivity contribution in [2.24, 2.45) is 0 Å². The van der Waals surface area contributed by atoms with Gasteiger partial charge in [0.2, 0.25) is 0 Å². The number of benzene rings is 2. The molecule has 2 rings (SSSR count). The van der Waals surface area contributed by atoms with Crippen LogP contribution in [0.5, 0.6) is 5.75 Å². The summed E-state index contributed by atoms with van der Waals surface area (Å²) in [5, 5.41) is 0. The topological polar surface area (TPSA) is 64.5 Å². The Hall–Kier alpha value is -2.20. The first kappa shape index (κ1) is 19.1. The van der Waals surface area contributed by atoms with Gasteiger partial charge in [-0.15, -0.1) is 0 Å². The van der Waals surface area contributed by atoms with Crippen LogP contribution in [0.1, 0.15) is 32.8 Å². The molecule has 0 bridgehead atoms. The van der Waals surface area contributed by atoms with Gasteiger partial charge in [-0.1, -0.05) is 19.1 Å². The van der Waals surface area contributed by atoms with Gasteiger partial charge in [0.25, 0.3) is 0 Å². The molecule has 0 aromatic heterocycles. The van der Waals surface area contributed by atoms with Crippen molar-refractivity contribution in [3.63, 3.8) is 0 Å². The molecule has 0 aliphatic rings. The maximum absolute atomic E-state index is 5.95. The van der Waals surface area contributed by atoms with E-state index in [1.807, 2.05) is 36.4 Å². The number of hydrogen-bond acceptors (Lipinski definition) is 4. The minimum Gasteiger partial charge on any atom is -0.492 e. The Morgan fingerprint density at radius 3 is 2.00 bits per heavy atom. The van der Waals surface area contributed by atoms with E-state index < -0.39 is 0 Å². The molecular weight excluding hydrogens is 310 g/mol. The highest BCUT2D eigenvalue weighted by atomic mass is 16.5. The number of ether oxygens (including phenoxy) is 1. The molecular formula is C21H31N3O. The van der Waals surface area contributed by atoms with E-state index in [1.54, 1.807) is 0 Å². The van der Waals surface area contributed by atoms with Crippen LogP contribution in [0.4, 0.5) is 11.4 Å². The van der Waals surface area contributed by atoms with Crippen LogP contribution in [0.15, 0.2) is 48.5 Å². The summed E-state index contributed by atoms with van der Waals surface area (Å²) in [7, 11) is 0. The molecule has 0 aliphatic heterocycles. The molecule has 2 aromatic carbocycles. The maximum atomic E-state index is 5.95. The smallest absolute Gasteiger partial charge is 0.119 e. The van der Waals surface area contributed by atoms with Gasteiger partial charge in [-0.3, -0.25) is 4.90 Å². The Morgan fingerprint density at radius 2 is 1.44 bits per heavy atom. The van der Waals surface area contributed by atoms with Crippen LogP contribution in [0, 0.1) is 0 Å². The molecule has 0 heterocycles. The zero-order valence-electron chi connectivity index (χ0n) is 15.6. The molecule has 0 radical (unpaired) electrons. The summed E-state index contributed by atoms with van der Waals surface area (Å²) < 4.78 is 5.95. The molecule has 2 aromatic rings. The van der Waals surface area contributed by atoms with Crippen LogP contribution >= 0.6 is 0 Å². The zero-order chi connectivity index (χ0) is 18.2. The van der Waals surface area contributed by atoms with E-state index in [0.29, 0.717) is 18.7 Å². The van der Waals surface area contributed by atoms with Crippen LogP contribution in [0.25, 0.3) is 0 Å². The number of nitrogen functional groups attached to an aromatic ring is 2. The second kappa shape index (κ2) is 9.33. The molecule has 25 heavy (non-hydrogen) atoms. The summed E-state index contributed by atoms with van der Waals surface area (Å²) in [6, 6.07) is 16.6. The van der Waals surface area contributed by atoms with Crippen molar-refractivity contribution in [3.05, 3.63) is 54.1 Å². The van der Waals surface area contributed by atoms with Crippen molar-refractivity contribution in [2.75, 3.05) is 24.6 Å². The Morgan fingerprint density at radius 1 is 0.880 bits per heavy atom.